The fourth-order valence-electron chi connectivity index (χ4n) is 3.65. The van der Waals surface area contributed by atoms with Crippen LogP contribution in [0.1, 0.15) is 35.4 Å². The average Bonchev–Trinajstić information content (AvgIpc) is 3.10. The van der Waals surface area contributed by atoms with Gasteiger partial charge in [-0.2, -0.15) is 0 Å². The highest BCUT2D eigenvalue weighted by Gasteiger charge is 2.40. The van der Waals surface area contributed by atoms with Gasteiger partial charge in [0.05, 0.1) is 5.92 Å². The fourth-order valence-corrected chi connectivity index (χ4v) is 3.65. The zero-order chi connectivity index (χ0) is 18.5. The Balaban J connectivity index is 1.57. The largest absolute Gasteiger partial charge is 0.481 e. The van der Waals surface area contributed by atoms with Crippen molar-refractivity contribution in [2.45, 2.75) is 32.1 Å². The Labute approximate surface area is 154 Å². The summed E-state index contributed by atoms with van der Waals surface area (Å²) in [5.41, 5.74) is 3.46. The first-order chi connectivity index (χ1) is 12.5. The lowest BCUT2D eigenvalue weighted by Gasteiger charge is -2.16. The molecule has 0 unspecified atom stereocenters. The Morgan fingerprint density at radius 3 is 2.38 bits per heavy atom. The zero-order valence-corrected chi connectivity index (χ0v) is 15.1. The molecule has 0 aromatic heterocycles. The molecule has 0 radical (unpaired) electrons. The molecule has 26 heavy (non-hydrogen) atoms. The molecule has 1 fully saturated rings. The lowest BCUT2D eigenvalue weighted by Crippen LogP contribution is -2.29. The lowest BCUT2D eigenvalue weighted by molar-refractivity contribution is -0.141. The quantitative estimate of drug-likeness (QED) is 0.864. The van der Waals surface area contributed by atoms with Crippen molar-refractivity contribution in [2.24, 2.45) is 5.92 Å². The number of carboxylic acid groups (broad SMARTS) is 1. The molecule has 2 aromatic carbocycles. The molecule has 4 heteroatoms. The second kappa shape index (κ2) is 8.17. The molecule has 0 bridgehead atoms. The summed E-state index contributed by atoms with van der Waals surface area (Å²) in [5, 5.41) is 9.55. The smallest absolute Gasteiger partial charge is 0.308 e. The highest BCUT2D eigenvalue weighted by atomic mass is 16.4. The molecule has 2 aromatic rings. The maximum atomic E-state index is 12.6. The summed E-state index contributed by atoms with van der Waals surface area (Å²) in [6, 6.07) is 18.0. The monoisotopic (exact) mass is 351 g/mol. The standard InChI is InChI=1S/C22H25NO3/c1-16-10-12-17(13-11-16)6-5-9-21(24)23-14-19(20(15-23)22(25)26)18-7-3-2-4-8-18/h2-4,7-8,10-13,19-20H,5-6,9,14-15H2,1H3,(H,25,26)/t19-,20-/m0/s1. The second-order valence-electron chi connectivity index (χ2n) is 7.10. The van der Waals surface area contributed by atoms with Crippen LogP contribution in [0.15, 0.2) is 54.6 Å². The van der Waals surface area contributed by atoms with E-state index >= 15 is 0 Å². The van der Waals surface area contributed by atoms with E-state index in [2.05, 4.69) is 31.2 Å². The Morgan fingerprint density at radius 1 is 1.04 bits per heavy atom. The molecule has 3 rings (SSSR count). The van der Waals surface area contributed by atoms with Crippen molar-refractivity contribution in [1.82, 2.24) is 4.90 Å². The van der Waals surface area contributed by atoms with Crippen molar-refractivity contribution in [2.75, 3.05) is 13.1 Å². The second-order valence-corrected chi connectivity index (χ2v) is 7.10. The van der Waals surface area contributed by atoms with Gasteiger partial charge in [0, 0.05) is 25.4 Å². The summed E-state index contributed by atoms with van der Waals surface area (Å²) in [6.07, 6.45) is 2.11. The molecule has 4 nitrogen and oxygen atoms in total. The van der Waals surface area contributed by atoms with Crippen LogP contribution in [0.2, 0.25) is 0 Å². The molecular weight excluding hydrogens is 326 g/mol. The first-order valence-corrected chi connectivity index (χ1v) is 9.15. The summed E-state index contributed by atoms with van der Waals surface area (Å²) in [6.45, 7) is 2.85. The van der Waals surface area contributed by atoms with Crippen LogP contribution in [0.4, 0.5) is 0 Å². The van der Waals surface area contributed by atoms with Gasteiger partial charge in [-0.25, -0.2) is 0 Å². The first kappa shape index (κ1) is 18.2. The predicted octanol–water partition coefficient (Wildman–Crippen LogP) is 3.64. The van der Waals surface area contributed by atoms with Gasteiger partial charge >= 0.3 is 5.97 Å². The SMILES string of the molecule is Cc1ccc(CCCC(=O)N2C[C@H](C(=O)O)[C@H](c3ccccc3)C2)cc1. The van der Waals surface area contributed by atoms with Crippen LogP contribution >= 0.6 is 0 Å². The molecule has 0 saturated carbocycles. The number of nitrogens with zero attached hydrogens (tertiary/aromatic N) is 1. The van der Waals surface area contributed by atoms with E-state index in [4.69, 9.17) is 0 Å². The number of hydrogen-bond donors (Lipinski definition) is 1. The minimum atomic E-state index is -0.825. The summed E-state index contributed by atoms with van der Waals surface area (Å²) in [5.74, 6) is -1.43. The molecule has 2 atom stereocenters. The number of rotatable bonds is 6. The maximum absolute atomic E-state index is 12.6. The summed E-state index contributed by atoms with van der Waals surface area (Å²) in [4.78, 5) is 25.9. The van der Waals surface area contributed by atoms with Gasteiger partial charge in [0.25, 0.3) is 0 Å². The fraction of sp³-hybridized carbons (Fsp3) is 0.364. The van der Waals surface area contributed by atoms with Crippen LogP contribution in [0, 0.1) is 12.8 Å². The molecule has 136 valence electrons. The van der Waals surface area contributed by atoms with E-state index in [0.717, 1.165) is 18.4 Å². The Bertz CT molecular complexity index is 755. The van der Waals surface area contributed by atoms with Gasteiger partial charge in [-0.15, -0.1) is 0 Å². The predicted molar refractivity (Wildman–Crippen MR) is 101 cm³/mol. The van der Waals surface area contributed by atoms with Gasteiger partial charge in [0.1, 0.15) is 0 Å². The van der Waals surface area contributed by atoms with Gasteiger partial charge in [-0.3, -0.25) is 9.59 Å². The third kappa shape index (κ3) is 4.31. The minimum Gasteiger partial charge on any atom is -0.481 e. The number of benzene rings is 2. The van der Waals surface area contributed by atoms with Crippen LogP contribution in [-0.4, -0.2) is 35.0 Å². The van der Waals surface area contributed by atoms with Gasteiger partial charge < -0.3 is 10.0 Å². The van der Waals surface area contributed by atoms with E-state index < -0.39 is 11.9 Å². The molecule has 1 saturated heterocycles. The summed E-state index contributed by atoms with van der Waals surface area (Å²) in [7, 11) is 0. The molecule has 0 aliphatic carbocycles. The number of amides is 1. The third-order valence-electron chi connectivity index (χ3n) is 5.19. The van der Waals surface area contributed by atoms with Crippen LogP contribution in [0.3, 0.4) is 0 Å². The zero-order valence-electron chi connectivity index (χ0n) is 15.1. The maximum Gasteiger partial charge on any atom is 0.308 e. The first-order valence-electron chi connectivity index (χ1n) is 9.15. The molecule has 1 N–H and O–H groups in total. The van der Waals surface area contributed by atoms with Crippen molar-refractivity contribution >= 4 is 11.9 Å². The van der Waals surface area contributed by atoms with E-state index in [0.29, 0.717) is 19.5 Å². The number of carboxylic acids is 1. The number of hydrogen-bond acceptors (Lipinski definition) is 2. The molecular formula is C22H25NO3. The molecule has 1 aliphatic heterocycles. The van der Waals surface area contributed by atoms with E-state index in [-0.39, 0.29) is 11.8 Å². The molecule has 1 heterocycles. The van der Waals surface area contributed by atoms with Gasteiger partial charge in [0.15, 0.2) is 0 Å². The van der Waals surface area contributed by atoms with Crippen molar-refractivity contribution < 1.29 is 14.7 Å². The summed E-state index contributed by atoms with van der Waals surface area (Å²) >= 11 is 0. The van der Waals surface area contributed by atoms with Crippen molar-refractivity contribution in [3.05, 3.63) is 71.3 Å². The number of carbonyl (C=O) groups is 2. The van der Waals surface area contributed by atoms with Crippen LogP contribution < -0.4 is 0 Å². The van der Waals surface area contributed by atoms with Crippen LogP contribution in [-0.2, 0) is 16.0 Å². The van der Waals surface area contributed by atoms with Gasteiger partial charge in [-0.1, -0.05) is 60.2 Å². The van der Waals surface area contributed by atoms with Crippen LogP contribution in [0.5, 0.6) is 0 Å². The van der Waals surface area contributed by atoms with Crippen molar-refractivity contribution in [3.63, 3.8) is 0 Å². The Morgan fingerprint density at radius 2 is 1.73 bits per heavy atom. The average molecular weight is 351 g/mol. The van der Waals surface area contributed by atoms with Crippen LogP contribution in [0.25, 0.3) is 0 Å². The highest BCUT2D eigenvalue weighted by molar-refractivity contribution is 5.79. The number of carbonyl (C=O) groups excluding carboxylic acids is 1. The Kier molecular flexibility index (Phi) is 5.71. The molecule has 1 amide bonds. The number of aryl methyl sites for hydroxylation is 2. The third-order valence-corrected chi connectivity index (χ3v) is 5.19. The van der Waals surface area contributed by atoms with Gasteiger partial charge in [0.2, 0.25) is 5.91 Å². The highest BCUT2D eigenvalue weighted by Crippen LogP contribution is 2.33. The van der Waals surface area contributed by atoms with E-state index in [9.17, 15) is 14.7 Å². The lowest BCUT2D eigenvalue weighted by atomic mass is 9.89. The van der Waals surface area contributed by atoms with Gasteiger partial charge in [-0.05, 0) is 30.9 Å². The minimum absolute atomic E-state index is 0.0572. The topological polar surface area (TPSA) is 57.6 Å². The summed E-state index contributed by atoms with van der Waals surface area (Å²) < 4.78 is 0. The van der Waals surface area contributed by atoms with Crippen molar-refractivity contribution in [3.8, 4) is 0 Å². The van der Waals surface area contributed by atoms with E-state index in [1.165, 1.54) is 11.1 Å². The normalized spacial score (nSPS) is 19.5. The van der Waals surface area contributed by atoms with E-state index in [1.807, 2.05) is 30.3 Å². The number of likely N-dealkylation sites (tertiary alicyclic amines) is 1. The molecule has 0 spiro atoms. The van der Waals surface area contributed by atoms with E-state index in [1.54, 1.807) is 4.90 Å². The molecule has 1 aliphatic rings. The number of aliphatic carboxylic acids is 1. The Hall–Kier alpha value is -2.62. The van der Waals surface area contributed by atoms with Crippen molar-refractivity contribution in [1.29, 1.82) is 0 Å².